The lowest BCUT2D eigenvalue weighted by molar-refractivity contribution is 0.0291. The number of benzene rings is 1. The number of hydrogen-bond acceptors (Lipinski definition) is 4. The van der Waals surface area contributed by atoms with Gasteiger partial charge in [0.05, 0.1) is 13.2 Å². The molecule has 2 saturated heterocycles. The molecule has 0 aromatic heterocycles. The Morgan fingerprint density at radius 1 is 1.04 bits per heavy atom. The molecule has 1 atom stereocenters. The number of halogens is 2. The lowest BCUT2D eigenvalue weighted by Gasteiger charge is -2.38. The van der Waals surface area contributed by atoms with Crippen LogP contribution in [0.2, 0.25) is 0 Å². The molecule has 2 fully saturated rings. The molecule has 1 unspecified atom stereocenters. The molecule has 0 bridgehead atoms. The molecule has 24 heavy (non-hydrogen) atoms. The maximum atomic E-state index is 5.44. The van der Waals surface area contributed by atoms with Gasteiger partial charge in [-0.05, 0) is 17.5 Å². The van der Waals surface area contributed by atoms with Gasteiger partial charge in [-0.2, -0.15) is 0 Å². The van der Waals surface area contributed by atoms with Gasteiger partial charge in [-0.15, -0.1) is 24.8 Å². The maximum absolute atomic E-state index is 5.44. The molecule has 0 aliphatic carbocycles. The second kappa shape index (κ2) is 11.3. The van der Waals surface area contributed by atoms with Crippen LogP contribution in [0.1, 0.15) is 24.1 Å². The Hall–Kier alpha value is -0.360. The van der Waals surface area contributed by atoms with Crippen molar-refractivity contribution in [3.63, 3.8) is 0 Å². The number of nitrogens with one attached hydrogen (secondary N) is 1. The fourth-order valence-corrected chi connectivity index (χ4v) is 3.41. The zero-order valence-electron chi connectivity index (χ0n) is 14.6. The first-order chi connectivity index (χ1) is 10.9. The lowest BCUT2D eigenvalue weighted by Crippen LogP contribution is -2.49. The van der Waals surface area contributed by atoms with Gasteiger partial charge < -0.3 is 10.1 Å². The van der Waals surface area contributed by atoms with Crippen molar-refractivity contribution in [2.45, 2.75) is 19.4 Å². The van der Waals surface area contributed by atoms with Gasteiger partial charge in [0.2, 0.25) is 0 Å². The molecule has 2 aliphatic rings. The molecule has 0 radical (unpaired) electrons. The summed E-state index contributed by atoms with van der Waals surface area (Å²) in [4.78, 5) is 5.18. The van der Waals surface area contributed by atoms with Crippen LogP contribution < -0.4 is 5.32 Å². The zero-order valence-corrected chi connectivity index (χ0v) is 16.2. The highest BCUT2D eigenvalue weighted by atomic mass is 35.5. The second-order valence-electron chi connectivity index (χ2n) is 6.31. The second-order valence-corrected chi connectivity index (χ2v) is 6.31. The van der Waals surface area contributed by atoms with E-state index in [2.05, 4.69) is 46.3 Å². The van der Waals surface area contributed by atoms with Crippen LogP contribution in [-0.4, -0.2) is 68.8 Å². The molecule has 1 N–H and O–H groups in total. The van der Waals surface area contributed by atoms with Crippen LogP contribution in [0.3, 0.4) is 0 Å². The number of nitrogens with zero attached hydrogens (tertiary/aromatic N) is 2. The van der Waals surface area contributed by atoms with Crippen molar-refractivity contribution in [3.05, 3.63) is 35.4 Å². The molecule has 1 aromatic rings. The van der Waals surface area contributed by atoms with Crippen LogP contribution in [0.25, 0.3) is 0 Å². The highest BCUT2D eigenvalue weighted by molar-refractivity contribution is 5.85. The molecule has 6 heteroatoms. The molecular formula is C18H31Cl2N3O. The molecule has 0 spiro atoms. The number of hydrogen-bond donors (Lipinski definition) is 1. The number of aryl methyl sites for hydroxylation is 1. The fourth-order valence-electron chi connectivity index (χ4n) is 3.41. The summed E-state index contributed by atoms with van der Waals surface area (Å²) in [6, 6.07) is 9.71. The minimum Gasteiger partial charge on any atom is -0.379 e. The smallest absolute Gasteiger partial charge is 0.0594 e. The number of rotatable bonds is 5. The van der Waals surface area contributed by atoms with E-state index in [0.29, 0.717) is 6.04 Å². The summed E-state index contributed by atoms with van der Waals surface area (Å²) in [7, 11) is 0. The Morgan fingerprint density at radius 3 is 2.42 bits per heavy atom. The van der Waals surface area contributed by atoms with Gasteiger partial charge in [0.1, 0.15) is 0 Å². The lowest BCUT2D eigenvalue weighted by atomic mass is 10.0. The first kappa shape index (κ1) is 21.7. The Balaban J connectivity index is 0.00000144. The van der Waals surface area contributed by atoms with E-state index in [1.165, 1.54) is 11.1 Å². The first-order valence-corrected chi connectivity index (χ1v) is 8.70. The quantitative estimate of drug-likeness (QED) is 0.854. The summed E-state index contributed by atoms with van der Waals surface area (Å²) in [5.41, 5.74) is 2.87. The topological polar surface area (TPSA) is 27.7 Å². The maximum Gasteiger partial charge on any atom is 0.0594 e. The van der Waals surface area contributed by atoms with Crippen molar-refractivity contribution in [2.24, 2.45) is 0 Å². The standard InChI is InChI=1S/C18H29N3O.2ClH/c1-2-16-3-5-17(6-4-16)18-15-19-7-8-21(18)10-9-20-11-13-22-14-12-20;;/h3-6,18-19H,2,7-15H2,1H3;2*1H. The molecule has 0 saturated carbocycles. The van der Waals surface area contributed by atoms with E-state index in [1.54, 1.807) is 0 Å². The average Bonchev–Trinajstić information content (AvgIpc) is 2.61. The average molecular weight is 376 g/mol. The minimum absolute atomic E-state index is 0. The Bertz CT molecular complexity index is 452. The summed E-state index contributed by atoms with van der Waals surface area (Å²) in [5, 5.41) is 3.55. The third-order valence-electron chi connectivity index (χ3n) is 4.93. The number of morpholine rings is 1. The van der Waals surface area contributed by atoms with E-state index < -0.39 is 0 Å². The third-order valence-corrected chi connectivity index (χ3v) is 4.93. The Kier molecular flexibility index (Phi) is 10.2. The van der Waals surface area contributed by atoms with E-state index in [-0.39, 0.29) is 24.8 Å². The number of piperazine rings is 1. The first-order valence-electron chi connectivity index (χ1n) is 8.70. The predicted molar refractivity (Wildman–Crippen MR) is 105 cm³/mol. The largest absolute Gasteiger partial charge is 0.379 e. The van der Waals surface area contributed by atoms with Gasteiger partial charge in [-0.3, -0.25) is 9.80 Å². The zero-order chi connectivity index (χ0) is 15.2. The normalized spacial score (nSPS) is 22.5. The molecule has 3 rings (SSSR count). The monoisotopic (exact) mass is 375 g/mol. The van der Waals surface area contributed by atoms with Crippen LogP contribution in [0.5, 0.6) is 0 Å². The molecule has 2 aliphatic heterocycles. The van der Waals surface area contributed by atoms with E-state index in [0.717, 1.165) is 65.4 Å². The number of ether oxygens (including phenoxy) is 1. The van der Waals surface area contributed by atoms with Crippen molar-refractivity contribution in [1.29, 1.82) is 0 Å². The van der Waals surface area contributed by atoms with Gasteiger partial charge in [-0.1, -0.05) is 31.2 Å². The van der Waals surface area contributed by atoms with Crippen molar-refractivity contribution in [1.82, 2.24) is 15.1 Å². The summed E-state index contributed by atoms with van der Waals surface area (Å²) < 4.78 is 5.44. The Labute approximate surface area is 158 Å². The molecule has 1 aromatic carbocycles. The molecule has 4 nitrogen and oxygen atoms in total. The van der Waals surface area contributed by atoms with E-state index in [1.807, 2.05) is 0 Å². The fraction of sp³-hybridized carbons (Fsp3) is 0.667. The van der Waals surface area contributed by atoms with Gasteiger partial charge in [-0.25, -0.2) is 0 Å². The SMILES string of the molecule is CCc1ccc(C2CNCCN2CCN2CCOCC2)cc1.Cl.Cl. The predicted octanol–water partition coefficient (Wildman–Crippen LogP) is 2.37. The van der Waals surface area contributed by atoms with Gasteiger partial charge in [0, 0.05) is 51.9 Å². The van der Waals surface area contributed by atoms with Crippen molar-refractivity contribution >= 4 is 24.8 Å². The van der Waals surface area contributed by atoms with Crippen molar-refractivity contribution in [3.8, 4) is 0 Å². The van der Waals surface area contributed by atoms with Crippen molar-refractivity contribution in [2.75, 3.05) is 59.0 Å². The molecule has 0 amide bonds. The summed E-state index contributed by atoms with van der Waals surface area (Å²) >= 11 is 0. The molecule has 2 heterocycles. The van der Waals surface area contributed by atoms with Crippen LogP contribution in [0.15, 0.2) is 24.3 Å². The van der Waals surface area contributed by atoms with E-state index in [4.69, 9.17) is 4.74 Å². The van der Waals surface area contributed by atoms with Crippen LogP contribution >= 0.6 is 24.8 Å². The molecular weight excluding hydrogens is 345 g/mol. The molecule has 138 valence electrons. The summed E-state index contributed by atoms with van der Waals surface area (Å²) in [5.74, 6) is 0. The van der Waals surface area contributed by atoms with Crippen LogP contribution in [-0.2, 0) is 11.2 Å². The highest BCUT2D eigenvalue weighted by Gasteiger charge is 2.24. The minimum atomic E-state index is 0. The summed E-state index contributed by atoms with van der Waals surface area (Å²) in [6.45, 7) is 11.8. The van der Waals surface area contributed by atoms with Crippen LogP contribution in [0, 0.1) is 0 Å². The third kappa shape index (κ3) is 5.87. The Morgan fingerprint density at radius 2 is 1.75 bits per heavy atom. The van der Waals surface area contributed by atoms with Crippen molar-refractivity contribution < 1.29 is 4.74 Å². The van der Waals surface area contributed by atoms with Gasteiger partial charge in [0.15, 0.2) is 0 Å². The van der Waals surface area contributed by atoms with Gasteiger partial charge >= 0.3 is 0 Å². The van der Waals surface area contributed by atoms with Gasteiger partial charge in [0.25, 0.3) is 0 Å². The van der Waals surface area contributed by atoms with E-state index in [9.17, 15) is 0 Å². The summed E-state index contributed by atoms with van der Waals surface area (Å²) in [6.07, 6.45) is 1.12. The van der Waals surface area contributed by atoms with Crippen LogP contribution in [0.4, 0.5) is 0 Å². The highest BCUT2D eigenvalue weighted by Crippen LogP contribution is 2.22. The van der Waals surface area contributed by atoms with E-state index >= 15 is 0 Å².